The summed E-state index contributed by atoms with van der Waals surface area (Å²) in [5, 5.41) is 1.11. The average molecular weight is 539 g/mol. The summed E-state index contributed by atoms with van der Waals surface area (Å²) in [4.78, 5) is 36.5. The van der Waals surface area contributed by atoms with E-state index in [-0.39, 0.29) is 29.1 Å². The van der Waals surface area contributed by atoms with Crippen molar-refractivity contribution in [2.45, 2.75) is 58.4 Å². The SMILES string of the molecule is CC.O=C(C1CC1)N1CC[C@@H](Cn2c(-c3ccc(-c4ccc5cc[nH]c5c4)cc3F)nc3c(c2=O)C2CC2C3)C1. The van der Waals surface area contributed by atoms with Crippen molar-refractivity contribution in [3.8, 4) is 22.5 Å². The Hall–Kier alpha value is -3.74. The standard InChI is InChI=1S/C31H29FN4O2.C2H6/c32-25-12-20(21-4-1-18-7-9-33-26(18)13-21)5-6-23(25)29-34-27-14-22-11-24(22)28(27)31(38)36(29)16-17-8-10-35(15-17)30(37)19-2-3-19;1-2/h1,4-7,9,12-13,17,19,22,24,33H,2-3,8,10-11,14-16H2;1-2H3/t17-,22?,24?;/m1./s1. The van der Waals surface area contributed by atoms with Gasteiger partial charge in [0.1, 0.15) is 11.6 Å². The van der Waals surface area contributed by atoms with Gasteiger partial charge in [0.2, 0.25) is 5.91 Å². The molecule has 1 saturated heterocycles. The highest BCUT2D eigenvalue weighted by molar-refractivity contribution is 5.85. The van der Waals surface area contributed by atoms with Gasteiger partial charge in [-0.1, -0.05) is 32.0 Å². The molecule has 2 aromatic heterocycles. The van der Waals surface area contributed by atoms with Gasteiger partial charge < -0.3 is 9.88 Å². The molecular weight excluding hydrogens is 503 g/mol. The number of aromatic amines is 1. The first-order chi connectivity index (χ1) is 19.5. The van der Waals surface area contributed by atoms with Crippen molar-refractivity contribution in [3.05, 3.63) is 76.1 Å². The van der Waals surface area contributed by atoms with E-state index in [1.807, 2.05) is 55.3 Å². The highest BCUT2D eigenvalue weighted by atomic mass is 19.1. The summed E-state index contributed by atoms with van der Waals surface area (Å²) in [5.74, 6) is 1.50. The fourth-order valence-electron chi connectivity index (χ4n) is 6.72. The molecule has 3 aliphatic carbocycles. The largest absolute Gasteiger partial charge is 0.361 e. The highest BCUT2D eigenvalue weighted by Crippen LogP contribution is 2.54. The van der Waals surface area contributed by atoms with Crippen LogP contribution in [0.2, 0.25) is 0 Å². The van der Waals surface area contributed by atoms with Gasteiger partial charge in [-0.05, 0) is 90.6 Å². The number of carbonyl (C=O) groups excluding carboxylic acids is 1. The number of nitrogens with zero attached hydrogens (tertiary/aromatic N) is 3. The van der Waals surface area contributed by atoms with Gasteiger partial charge in [0.15, 0.2) is 0 Å². The molecule has 0 spiro atoms. The van der Waals surface area contributed by atoms with Crippen LogP contribution in [0.5, 0.6) is 0 Å². The van der Waals surface area contributed by atoms with E-state index in [2.05, 4.69) is 4.98 Å². The molecule has 0 radical (unpaired) electrons. The Balaban J connectivity index is 0.00000130. The lowest BCUT2D eigenvalue weighted by atomic mass is 10.0. The zero-order chi connectivity index (χ0) is 27.5. The van der Waals surface area contributed by atoms with Gasteiger partial charge in [-0.15, -0.1) is 0 Å². The molecule has 3 atom stereocenters. The van der Waals surface area contributed by atoms with Crippen molar-refractivity contribution in [2.75, 3.05) is 13.1 Å². The Morgan fingerprint density at radius 1 is 1.07 bits per heavy atom. The number of nitrogens with one attached hydrogen (secondary N) is 1. The van der Waals surface area contributed by atoms with Crippen molar-refractivity contribution in [1.82, 2.24) is 19.4 Å². The monoisotopic (exact) mass is 538 g/mol. The number of aromatic nitrogens is 3. The number of H-pyrrole nitrogens is 1. The lowest BCUT2D eigenvalue weighted by Gasteiger charge is -2.20. The van der Waals surface area contributed by atoms with Crippen molar-refractivity contribution in [3.63, 3.8) is 0 Å². The number of halogens is 1. The zero-order valence-electron chi connectivity index (χ0n) is 23.1. The predicted octanol–water partition coefficient (Wildman–Crippen LogP) is 6.14. The summed E-state index contributed by atoms with van der Waals surface area (Å²) in [6.45, 7) is 5.86. The third-order valence-electron chi connectivity index (χ3n) is 9.10. The molecule has 8 rings (SSSR count). The lowest BCUT2D eigenvalue weighted by Crippen LogP contribution is -2.33. The molecule has 4 aromatic rings. The Morgan fingerprint density at radius 2 is 1.88 bits per heavy atom. The molecule has 1 aliphatic heterocycles. The van der Waals surface area contributed by atoms with E-state index in [1.165, 1.54) is 0 Å². The van der Waals surface area contributed by atoms with Crippen LogP contribution in [0.1, 0.15) is 56.7 Å². The molecule has 4 aliphatic rings. The molecule has 2 aromatic carbocycles. The van der Waals surface area contributed by atoms with Gasteiger partial charge in [-0.3, -0.25) is 14.2 Å². The second-order valence-corrected chi connectivity index (χ2v) is 11.7. The number of hydrogen-bond acceptors (Lipinski definition) is 3. The van der Waals surface area contributed by atoms with E-state index in [1.54, 1.807) is 16.7 Å². The predicted molar refractivity (Wildman–Crippen MR) is 154 cm³/mol. The minimum atomic E-state index is -0.380. The topological polar surface area (TPSA) is 71.0 Å². The Labute approximate surface area is 233 Å². The number of rotatable bonds is 5. The first-order valence-electron chi connectivity index (χ1n) is 14.8. The van der Waals surface area contributed by atoms with Crippen LogP contribution in [0.4, 0.5) is 4.39 Å². The fraction of sp³-hybridized carbons (Fsp3) is 0.424. The van der Waals surface area contributed by atoms with Crippen molar-refractivity contribution in [2.24, 2.45) is 17.8 Å². The van der Waals surface area contributed by atoms with Gasteiger partial charge in [0.05, 0.1) is 11.3 Å². The van der Waals surface area contributed by atoms with Crippen molar-refractivity contribution in [1.29, 1.82) is 0 Å². The summed E-state index contributed by atoms with van der Waals surface area (Å²) in [6.07, 6.45) is 6.61. The van der Waals surface area contributed by atoms with E-state index in [9.17, 15) is 9.59 Å². The fourth-order valence-corrected chi connectivity index (χ4v) is 6.72. The molecule has 7 heteroatoms. The summed E-state index contributed by atoms with van der Waals surface area (Å²) in [7, 11) is 0. The third-order valence-corrected chi connectivity index (χ3v) is 9.10. The maximum atomic E-state index is 15.8. The first kappa shape index (κ1) is 25.2. The number of hydrogen-bond donors (Lipinski definition) is 1. The first-order valence-corrected chi connectivity index (χ1v) is 14.8. The third kappa shape index (κ3) is 4.27. The summed E-state index contributed by atoms with van der Waals surface area (Å²) in [5.41, 5.74) is 4.76. The molecule has 40 heavy (non-hydrogen) atoms. The molecule has 0 bridgehead atoms. The highest BCUT2D eigenvalue weighted by Gasteiger charge is 2.48. The van der Waals surface area contributed by atoms with E-state index in [0.29, 0.717) is 36.3 Å². The van der Waals surface area contributed by atoms with Gasteiger partial charge >= 0.3 is 0 Å². The molecule has 1 N–H and O–H groups in total. The molecule has 1 amide bonds. The second-order valence-electron chi connectivity index (χ2n) is 11.7. The van der Waals surface area contributed by atoms with E-state index >= 15 is 4.39 Å². The van der Waals surface area contributed by atoms with Crippen LogP contribution in [-0.4, -0.2) is 38.4 Å². The van der Waals surface area contributed by atoms with E-state index in [0.717, 1.165) is 71.9 Å². The smallest absolute Gasteiger partial charge is 0.257 e. The van der Waals surface area contributed by atoms with Gasteiger partial charge in [0, 0.05) is 42.8 Å². The number of benzene rings is 2. The number of fused-ring (bicyclic) bond motifs is 4. The molecule has 206 valence electrons. The molecule has 2 saturated carbocycles. The van der Waals surface area contributed by atoms with Crippen molar-refractivity contribution < 1.29 is 9.18 Å². The number of likely N-dealkylation sites (tertiary alicyclic amines) is 1. The van der Waals surface area contributed by atoms with E-state index < -0.39 is 0 Å². The molecule has 3 fully saturated rings. The van der Waals surface area contributed by atoms with Gasteiger partial charge in [0.25, 0.3) is 5.56 Å². The van der Waals surface area contributed by atoms with Crippen LogP contribution in [0.25, 0.3) is 33.4 Å². The van der Waals surface area contributed by atoms with Crippen molar-refractivity contribution >= 4 is 16.8 Å². The molecule has 2 unspecified atom stereocenters. The molecule has 3 heterocycles. The zero-order valence-corrected chi connectivity index (χ0v) is 23.1. The summed E-state index contributed by atoms with van der Waals surface area (Å²) >= 11 is 0. The average Bonchev–Trinajstić information content (AvgIpc) is 3.81. The molecule has 6 nitrogen and oxygen atoms in total. The Kier molecular flexibility index (Phi) is 6.13. The van der Waals surface area contributed by atoms with Crippen LogP contribution < -0.4 is 5.56 Å². The van der Waals surface area contributed by atoms with Crippen LogP contribution >= 0.6 is 0 Å². The number of amides is 1. The normalized spacial score (nSPS) is 22.6. The maximum absolute atomic E-state index is 15.8. The van der Waals surface area contributed by atoms with Gasteiger partial charge in [-0.2, -0.15) is 0 Å². The minimum Gasteiger partial charge on any atom is -0.361 e. The summed E-state index contributed by atoms with van der Waals surface area (Å²) < 4.78 is 17.5. The van der Waals surface area contributed by atoms with Crippen LogP contribution in [0, 0.1) is 23.6 Å². The van der Waals surface area contributed by atoms with Gasteiger partial charge in [-0.25, -0.2) is 9.37 Å². The second kappa shape index (κ2) is 9.72. The quantitative estimate of drug-likeness (QED) is 0.332. The van der Waals surface area contributed by atoms with Crippen LogP contribution in [0.3, 0.4) is 0 Å². The molecular formula is C33H35FN4O2. The Bertz CT molecular complexity index is 1680. The Morgan fingerprint density at radius 3 is 2.67 bits per heavy atom. The minimum absolute atomic E-state index is 0.0114. The number of carbonyl (C=O) groups is 1. The summed E-state index contributed by atoms with van der Waals surface area (Å²) in [6, 6.07) is 13.3. The van der Waals surface area contributed by atoms with Crippen LogP contribution in [0.15, 0.2) is 53.5 Å². The van der Waals surface area contributed by atoms with Crippen LogP contribution in [-0.2, 0) is 17.8 Å². The lowest BCUT2D eigenvalue weighted by molar-refractivity contribution is -0.131. The maximum Gasteiger partial charge on any atom is 0.257 e. The van der Waals surface area contributed by atoms with E-state index in [4.69, 9.17) is 4.98 Å².